The monoisotopic (exact) mass is 660 g/mol. The largest absolute Gasteiger partial charge is 0.465 e. The molecule has 0 bridgehead atoms. The number of fused-ring (bicyclic) bond motifs is 1. The van der Waals surface area contributed by atoms with Crippen LogP contribution in [0.3, 0.4) is 0 Å². The molecule has 0 saturated carbocycles. The lowest BCUT2D eigenvalue weighted by Gasteiger charge is -2.39. The van der Waals surface area contributed by atoms with Crippen molar-refractivity contribution in [1.82, 2.24) is 15.6 Å². The number of nitrogens with zero attached hydrogens (tertiary/aromatic N) is 1. The molecule has 1 aliphatic heterocycles. The summed E-state index contributed by atoms with van der Waals surface area (Å²) in [6, 6.07) is 37.2. The maximum absolute atomic E-state index is 13.2. The molecule has 8 nitrogen and oxygen atoms in total. The number of hydrogen-bond donors (Lipinski definition) is 4. The van der Waals surface area contributed by atoms with Gasteiger partial charge in [0.2, 0.25) is 0 Å². The van der Waals surface area contributed by atoms with E-state index in [0.717, 1.165) is 46.3 Å². The summed E-state index contributed by atoms with van der Waals surface area (Å²) in [5.74, 6) is 0.157. The number of hydrogen-bond acceptors (Lipinski definition) is 7. The van der Waals surface area contributed by atoms with Crippen molar-refractivity contribution >= 4 is 40.7 Å². The first-order valence-electron chi connectivity index (χ1n) is 16.2. The normalized spacial score (nSPS) is 19.0. The lowest BCUT2D eigenvalue weighted by Crippen LogP contribution is -2.60. The van der Waals surface area contributed by atoms with Crippen LogP contribution in [0.2, 0.25) is 0 Å². The van der Waals surface area contributed by atoms with Crippen molar-refractivity contribution in [1.29, 1.82) is 0 Å². The minimum absolute atomic E-state index is 0.0107. The van der Waals surface area contributed by atoms with E-state index in [9.17, 15) is 14.7 Å². The predicted octanol–water partition coefficient (Wildman–Crippen LogP) is 7.11. The third kappa shape index (κ3) is 7.71. The van der Waals surface area contributed by atoms with Crippen LogP contribution in [0, 0.1) is 0 Å². The van der Waals surface area contributed by atoms with Gasteiger partial charge in [0.1, 0.15) is 0 Å². The Hall–Kier alpha value is -4.70. The van der Waals surface area contributed by atoms with Crippen molar-refractivity contribution in [3.05, 3.63) is 138 Å². The number of pyridine rings is 1. The van der Waals surface area contributed by atoms with Crippen molar-refractivity contribution in [2.45, 2.75) is 54.5 Å². The highest BCUT2D eigenvalue weighted by Crippen LogP contribution is 2.36. The molecule has 0 radical (unpaired) electrons. The summed E-state index contributed by atoms with van der Waals surface area (Å²) in [5.41, 5.74) is 2.54. The molecule has 4 aromatic carbocycles. The van der Waals surface area contributed by atoms with Crippen molar-refractivity contribution in [2.75, 3.05) is 17.6 Å². The molecule has 5 aromatic rings. The molecule has 1 saturated heterocycles. The van der Waals surface area contributed by atoms with Gasteiger partial charge < -0.3 is 20.5 Å². The number of carbonyl (C=O) groups excluding carboxylic acids is 1. The Kier molecular flexibility index (Phi) is 10.7. The van der Waals surface area contributed by atoms with E-state index in [2.05, 4.69) is 40.0 Å². The summed E-state index contributed by atoms with van der Waals surface area (Å²) >= 11 is 1.79. The van der Waals surface area contributed by atoms with Crippen LogP contribution in [0.15, 0.2) is 126 Å². The van der Waals surface area contributed by atoms with Gasteiger partial charge >= 0.3 is 6.09 Å². The lowest BCUT2D eigenvalue weighted by molar-refractivity contribution is -0.112. The van der Waals surface area contributed by atoms with Crippen molar-refractivity contribution < 1.29 is 19.4 Å². The van der Waals surface area contributed by atoms with Gasteiger partial charge in [-0.15, -0.1) is 11.8 Å². The van der Waals surface area contributed by atoms with E-state index < -0.39 is 17.7 Å². The van der Waals surface area contributed by atoms with Crippen LogP contribution in [0.4, 0.5) is 10.5 Å². The molecule has 4 atom stereocenters. The Bertz CT molecular complexity index is 1780. The van der Waals surface area contributed by atoms with Gasteiger partial charge in [-0.3, -0.25) is 15.1 Å². The molecule has 0 spiro atoms. The van der Waals surface area contributed by atoms with Gasteiger partial charge in [-0.2, -0.15) is 0 Å². The average Bonchev–Trinajstić information content (AvgIpc) is 3.12. The molecular weight excluding hydrogens is 621 g/mol. The van der Waals surface area contributed by atoms with Gasteiger partial charge in [0, 0.05) is 40.5 Å². The second kappa shape index (κ2) is 15.5. The Morgan fingerprint density at radius 1 is 0.979 bits per heavy atom. The first-order valence-corrected chi connectivity index (χ1v) is 17.2. The smallest absolute Gasteiger partial charge is 0.406 e. The number of thioether (sulfide) groups is 1. The number of anilines is 1. The highest BCUT2D eigenvalue weighted by molar-refractivity contribution is 7.99. The lowest BCUT2D eigenvalue weighted by atomic mass is 9.80. The highest BCUT2D eigenvalue weighted by Gasteiger charge is 2.43. The molecule has 6 rings (SSSR count). The molecular formula is C39H40N4O4S. The van der Waals surface area contributed by atoms with E-state index in [-0.39, 0.29) is 18.2 Å². The Balaban J connectivity index is 1.20. The second-order valence-electron chi connectivity index (χ2n) is 12.1. The van der Waals surface area contributed by atoms with E-state index in [1.807, 2.05) is 109 Å². The maximum Gasteiger partial charge on any atom is 0.406 e. The number of rotatable bonds is 13. The standard InChI is InChI=1S/C39H40N4O4S/c1-27-35(25-48-36-20-10-19-34-32(36)17-11-23-40-34)47-31(24-41-27)22-21-28-12-8-9-18-33(28)42-39(26-44,43-38(45)46)37(29-13-4-2-5-14-29)30-15-6-3-7-16-30/h2-20,23,26-27,31,35,37,41-43H,21-22,24-25H2,1H3,(H,45,46)/t27-,31-,35-,39-/m1/s1. The van der Waals surface area contributed by atoms with E-state index in [4.69, 9.17) is 4.74 Å². The van der Waals surface area contributed by atoms with Gasteiger partial charge in [0.05, 0.1) is 23.6 Å². The molecule has 1 aromatic heterocycles. The van der Waals surface area contributed by atoms with Crippen LogP contribution >= 0.6 is 11.8 Å². The fourth-order valence-corrected chi connectivity index (χ4v) is 7.69. The van der Waals surface area contributed by atoms with Crippen molar-refractivity contribution in [2.24, 2.45) is 0 Å². The van der Waals surface area contributed by atoms with Gasteiger partial charge in [-0.1, -0.05) is 91.0 Å². The number of aromatic nitrogens is 1. The first-order chi connectivity index (χ1) is 23.5. The number of aryl methyl sites for hydroxylation is 1. The number of amides is 1. The Morgan fingerprint density at radius 2 is 1.69 bits per heavy atom. The number of para-hydroxylation sites is 1. The predicted molar refractivity (Wildman–Crippen MR) is 192 cm³/mol. The fourth-order valence-electron chi connectivity index (χ4n) is 6.48. The molecule has 48 heavy (non-hydrogen) atoms. The van der Waals surface area contributed by atoms with Crippen LogP contribution in [-0.4, -0.2) is 58.7 Å². The van der Waals surface area contributed by atoms with Gasteiger partial charge in [0.15, 0.2) is 11.9 Å². The molecule has 246 valence electrons. The zero-order valence-electron chi connectivity index (χ0n) is 26.8. The number of benzene rings is 4. The number of morpholine rings is 1. The molecule has 1 fully saturated rings. The van der Waals surface area contributed by atoms with Crippen LogP contribution < -0.4 is 16.0 Å². The van der Waals surface area contributed by atoms with Crippen LogP contribution in [0.5, 0.6) is 0 Å². The summed E-state index contributed by atoms with van der Waals surface area (Å²) in [6.07, 6.45) is 2.62. The average molecular weight is 661 g/mol. The third-order valence-electron chi connectivity index (χ3n) is 8.92. The topological polar surface area (TPSA) is 113 Å². The summed E-state index contributed by atoms with van der Waals surface area (Å²) in [6.45, 7) is 2.90. The quantitative estimate of drug-likeness (QED) is 0.0601. The number of nitrogens with one attached hydrogen (secondary N) is 3. The summed E-state index contributed by atoms with van der Waals surface area (Å²) < 4.78 is 6.66. The zero-order chi connectivity index (χ0) is 33.3. The summed E-state index contributed by atoms with van der Waals surface area (Å²) in [4.78, 5) is 31.1. The first kappa shape index (κ1) is 33.2. The van der Waals surface area contributed by atoms with Crippen LogP contribution in [-0.2, 0) is 16.0 Å². The third-order valence-corrected chi connectivity index (χ3v) is 10.1. The maximum atomic E-state index is 13.2. The van der Waals surface area contributed by atoms with Gasteiger partial charge in [-0.05, 0) is 60.7 Å². The molecule has 0 aliphatic carbocycles. The molecule has 0 unspecified atom stereocenters. The fraction of sp³-hybridized carbons (Fsp3) is 0.256. The summed E-state index contributed by atoms with van der Waals surface area (Å²) in [7, 11) is 0. The summed E-state index contributed by atoms with van der Waals surface area (Å²) in [5, 5.41) is 20.7. The number of aldehydes is 1. The molecule has 1 amide bonds. The van der Waals surface area contributed by atoms with Gasteiger partial charge in [0.25, 0.3) is 0 Å². The SMILES string of the molecule is C[C@H]1NC[C@@H](CCc2ccccc2N[C@](C=O)(NC(=O)O)C(c2ccccc2)c2ccccc2)O[C@@H]1CSc1cccc2ncccc12. The van der Waals surface area contributed by atoms with E-state index in [0.29, 0.717) is 18.4 Å². The molecule has 9 heteroatoms. The molecule has 2 heterocycles. The number of ether oxygens (including phenoxy) is 1. The van der Waals surface area contributed by atoms with E-state index in [1.54, 1.807) is 11.8 Å². The minimum Gasteiger partial charge on any atom is -0.465 e. The molecule has 4 N–H and O–H groups in total. The molecule has 1 aliphatic rings. The Labute approximate surface area is 285 Å². The Morgan fingerprint density at radius 3 is 2.40 bits per heavy atom. The minimum atomic E-state index is -1.69. The van der Waals surface area contributed by atoms with Crippen molar-refractivity contribution in [3.63, 3.8) is 0 Å². The van der Waals surface area contributed by atoms with Gasteiger partial charge in [-0.25, -0.2) is 4.79 Å². The van der Waals surface area contributed by atoms with E-state index >= 15 is 0 Å². The second-order valence-corrected chi connectivity index (χ2v) is 13.2. The highest BCUT2D eigenvalue weighted by atomic mass is 32.2. The zero-order valence-corrected chi connectivity index (χ0v) is 27.6. The van der Waals surface area contributed by atoms with Crippen LogP contribution in [0.1, 0.15) is 36.0 Å². The van der Waals surface area contributed by atoms with Crippen LogP contribution in [0.25, 0.3) is 10.9 Å². The number of carboxylic acid groups (broad SMARTS) is 1. The van der Waals surface area contributed by atoms with E-state index in [1.165, 1.54) is 4.90 Å². The number of carbonyl (C=O) groups is 2. The van der Waals surface area contributed by atoms with Crippen molar-refractivity contribution in [3.8, 4) is 0 Å².